The zero-order valence-corrected chi connectivity index (χ0v) is 16.9. The Morgan fingerprint density at radius 1 is 1.23 bits per heavy atom. The summed E-state index contributed by atoms with van der Waals surface area (Å²) in [6, 6.07) is 5.39. The second-order valence-electron chi connectivity index (χ2n) is 7.44. The highest BCUT2D eigenvalue weighted by Crippen LogP contribution is 2.29. The predicted molar refractivity (Wildman–Crippen MR) is 109 cm³/mol. The van der Waals surface area contributed by atoms with Gasteiger partial charge in [-0.3, -0.25) is 19.8 Å². The summed E-state index contributed by atoms with van der Waals surface area (Å²) in [5.41, 5.74) is 0.598. The van der Waals surface area contributed by atoms with E-state index >= 15 is 0 Å². The number of thiol groups is 1. The molecule has 3 heterocycles. The normalized spacial score (nSPS) is 21.4. The third-order valence-electron chi connectivity index (χ3n) is 5.43. The second-order valence-corrected chi connectivity index (χ2v) is 8.17. The Kier molecular flexibility index (Phi) is 5.62. The van der Waals surface area contributed by atoms with Crippen LogP contribution in [0, 0.1) is 10.1 Å². The molecule has 0 spiro atoms. The van der Waals surface area contributed by atoms with Gasteiger partial charge in [-0.15, -0.1) is 0 Å². The molecule has 2 aliphatic heterocycles. The number of imidazole rings is 1. The molecule has 2 atom stereocenters. The highest BCUT2D eigenvalue weighted by atomic mass is 32.1. The molecule has 2 unspecified atom stereocenters. The molecule has 10 nitrogen and oxygen atoms in total. The van der Waals surface area contributed by atoms with Gasteiger partial charge in [-0.1, -0.05) is 0 Å². The highest BCUT2D eigenvalue weighted by molar-refractivity contribution is 7.81. The predicted octanol–water partition coefficient (Wildman–Crippen LogP) is 1.88. The van der Waals surface area contributed by atoms with Gasteiger partial charge in [-0.2, -0.15) is 12.6 Å². The molecule has 2 amide bonds. The number of nitrogens with zero attached hydrogens (tertiary/aromatic N) is 5. The van der Waals surface area contributed by atoms with Crippen molar-refractivity contribution in [1.82, 2.24) is 19.4 Å². The molecule has 1 aromatic carbocycles. The molecule has 0 bridgehead atoms. The third-order valence-corrected chi connectivity index (χ3v) is 5.80. The van der Waals surface area contributed by atoms with Crippen molar-refractivity contribution in [3.05, 3.63) is 58.7 Å². The Labute approximate surface area is 178 Å². The van der Waals surface area contributed by atoms with E-state index in [1.54, 1.807) is 17.4 Å². The molecular formula is C19H21N5O5S. The van der Waals surface area contributed by atoms with E-state index in [0.717, 1.165) is 0 Å². The number of amides is 2. The fraction of sp³-hybridized carbons (Fsp3) is 0.421. The minimum absolute atomic E-state index is 0.0299. The largest absolute Gasteiger partial charge is 0.445 e. The van der Waals surface area contributed by atoms with E-state index in [1.807, 2.05) is 10.8 Å². The number of carbonyl (C=O) groups is 2. The summed E-state index contributed by atoms with van der Waals surface area (Å²) in [4.78, 5) is 43.0. The van der Waals surface area contributed by atoms with Gasteiger partial charge in [0.25, 0.3) is 5.69 Å². The van der Waals surface area contributed by atoms with Crippen molar-refractivity contribution in [2.24, 2.45) is 0 Å². The average molecular weight is 431 g/mol. The molecule has 4 rings (SSSR count). The molecule has 0 aliphatic carbocycles. The van der Waals surface area contributed by atoms with Gasteiger partial charge < -0.3 is 14.2 Å². The van der Waals surface area contributed by atoms with Gasteiger partial charge >= 0.3 is 6.09 Å². The van der Waals surface area contributed by atoms with Crippen LogP contribution in [-0.4, -0.2) is 67.2 Å². The molecule has 0 saturated carbocycles. The molecule has 0 N–H and O–H groups in total. The number of non-ortho nitro benzene ring substituents is 1. The van der Waals surface area contributed by atoms with Crippen molar-refractivity contribution in [3.8, 4) is 0 Å². The maximum Gasteiger partial charge on any atom is 0.410 e. The van der Waals surface area contributed by atoms with Gasteiger partial charge in [0, 0.05) is 49.4 Å². The van der Waals surface area contributed by atoms with Crippen LogP contribution in [-0.2, 0) is 16.1 Å². The van der Waals surface area contributed by atoms with Gasteiger partial charge in [0.1, 0.15) is 12.6 Å². The SMILES string of the molecule is O=C(C1CC(S)CN1C(=O)OCc1ccc([N+](=O)[O-])cc1)N1CC(n2ccnc2)C1. The summed E-state index contributed by atoms with van der Waals surface area (Å²) < 4.78 is 7.32. The van der Waals surface area contributed by atoms with Crippen LogP contribution < -0.4 is 0 Å². The number of nitro benzene ring substituents is 1. The van der Waals surface area contributed by atoms with Crippen molar-refractivity contribution in [1.29, 1.82) is 0 Å². The van der Waals surface area contributed by atoms with E-state index in [-0.39, 0.29) is 29.5 Å². The first-order valence-electron chi connectivity index (χ1n) is 9.53. The average Bonchev–Trinajstić information content (AvgIpc) is 3.35. The lowest BCUT2D eigenvalue weighted by molar-refractivity contribution is -0.384. The minimum atomic E-state index is -0.597. The van der Waals surface area contributed by atoms with Crippen molar-refractivity contribution in [2.45, 2.75) is 30.4 Å². The van der Waals surface area contributed by atoms with Gasteiger partial charge in [-0.05, 0) is 24.1 Å². The minimum Gasteiger partial charge on any atom is -0.445 e. The van der Waals surface area contributed by atoms with Gasteiger partial charge in [0.05, 0.1) is 17.3 Å². The van der Waals surface area contributed by atoms with Crippen LogP contribution in [0.3, 0.4) is 0 Å². The first-order valence-corrected chi connectivity index (χ1v) is 10.0. The number of likely N-dealkylation sites (tertiary alicyclic amines) is 2. The molecular weight excluding hydrogens is 410 g/mol. The molecule has 2 aromatic rings. The molecule has 2 aliphatic rings. The molecule has 30 heavy (non-hydrogen) atoms. The van der Waals surface area contributed by atoms with Crippen molar-refractivity contribution in [3.63, 3.8) is 0 Å². The summed E-state index contributed by atoms with van der Waals surface area (Å²) in [5, 5.41) is 10.6. The Morgan fingerprint density at radius 2 is 1.97 bits per heavy atom. The first-order chi connectivity index (χ1) is 14.4. The number of benzene rings is 1. The van der Waals surface area contributed by atoms with E-state index < -0.39 is 17.1 Å². The Hall–Kier alpha value is -3.08. The number of rotatable bonds is 5. The topological polar surface area (TPSA) is 111 Å². The van der Waals surface area contributed by atoms with Crippen molar-refractivity contribution >= 4 is 30.3 Å². The molecule has 2 saturated heterocycles. The number of ether oxygens (including phenoxy) is 1. The van der Waals surface area contributed by atoms with E-state index in [4.69, 9.17) is 4.74 Å². The van der Waals surface area contributed by atoms with Gasteiger partial charge in [0.15, 0.2) is 0 Å². The fourth-order valence-electron chi connectivity index (χ4n) is 3.71. The van der Waals surface area contributed by atoms with Crippen molar-refractivity contribution < 1.29 is 19.2 Å². The van der Waals surface area contributed by atoms with Crippen LogP contribution in [0.2, 0.25) is 0 Å². The molecule has 11 heteroatoms. The Morgan fingerprint density at radius 3 is 2.60 bits per heavy atom. The van der Waals surface area contributed by atoms with Crippen LogP contribution in [0.5, 0.6) is 0 Å². The number of nitro groups is 1. The molecule has 0 radical (unpaired) electrons. The maximum atomic E-state index is 12.9. The van der Waals surface area contributed by atoms with Crippen LogP contribution in [0.15, 0.2) is 43.0 Å². The lowest BCUT2D eigenvalue weighted by Crippen LogP contribution is -2.56. The number of hydrogen-bond acceptors (Lipinski definition) is 7. The molecule has 1 aromatic heterocycles. The van der Waals surface area contributed by atoms with Crippen LogP contribution in [0.1, 0.15) is 18.0 Å². The summed E-state index contributed by atoms with van der Waals surface area (Å²) in [6.45, 7) is 1.46. The highest BCUT2D eigenvalue weighted by Gasteiger charge is 2.44. The van der Waals surface area contributed by atoms with Gasteiger partial charge in [0.2, 0.25) is 5.91 Å². The number of carbonyl (C=O) groups excluding carboxylic acids is 2. The number of aromatic nitrogens is 2. The zero-order valence-electron chi connectivity index (χ0n) is 16.0. The maximum absolute atomic E-state index is 12.9. The standard InChI is InChI=1S/C19H21N5O5S/c25-18(22-8-15(9-22)21-6-5-20-12-21)17-7-16(30)10-23(17)19(26)29-11-13-1-3-14(4-2-13)24(27)28/h1-6,12,15-17,30H,7-11H2. The smallest absolute Gasteiger partial charge is 0.410 e. The summed E-state index contributed by atoms with van der Waals surface area (Å²) in [7, 11) is 0. The Balaban J connectivity index is 1.33. The van der Waals surface area contributed by atoms with E-state index in [1.165, 1.54) is 29.2 Å². The quantitative estimate of drug-likeness (QED) is 0.440. The lowest BCUT2D eigenvalue weighted by atomic mass is 10.1. The lowest BCUT2D eigenvalue weighted by Gasteiger charge is -2.42. The molecule has 2 fully saturated rings. The molecule has 158 valence electrons. The summed E-state index contributed by atoms with van der Waals surface area (Å²) >= 11 is 4.45. The van der Waals surface area contributed by atoms with Gasteiger partial charge in [-0.25, -0.2) is 9.78 Å². The Bertz CT molecular complexity index is 929. The van der Waals surface area contributed by atoms with E-state index in [9.17, 15) is 19.7 Å². The van der Waals surface area contributed by atoms with E-state index in [2.05, 4.69) is 17.6 Å². The third kappa shape index (κ3) is 4.11. The fourth-order valence-corrected chi connectivity index (χ4v) is 4.09. The monoisotopic (exact) mass is 431 g/mol. The zero-order chi connectivity index (χ0) is 21.3. The second kappa shape index (κ2) is 8.34. The summed E-state index contributed by atoms with van der Waals surface area (Å²) in [5.74, 6) is -0.102. The van der Waals surface area contributed by atoms with Crippen LogP contribution in [0.25, 0.3) is 0 Å². The van der Waals surface area contributed by atoms with E-state index in [0.29, 0.717) is 31.6 Å². The summed E-state index contributed by atoms with van der Waals surface area (Å²) in [6.07, 6.45) is 5.19. The van der Waals surface area contributed by atoms with Crippen LogP contribution >= 0.6 is 12.6 Å². The number of hydrogen-bond donors (Lipinski definition) is 1. The first kappa shape index (κ1) is 20.2. The van der Waals surface area contributed by atoms with Crippen molar-refractivity contribution in [2.75, 3.05) is 19.6 Å². The van der Waals surface area contributed by atoms with Crippen LogP contribution in [0.4, 0.5) is 10.5 Å².